The van der Waals surface area contributed by atoms with Crippen molar-refractivity contribution < 1.29 is 0 Å². The lowest BCUT2D eigenvalue weighted by atomic mass is 9.68. The van der Waals surface area contributed by atoms with Gasteiger partial charge in [-0.05, 0) is 18.3 Å². The Kier molecular flexibility index (Phi) is 8.94. The van der Waals surface area contributed by atoms with E-state index in [1.807, 2.05) is 0 Å². The summed E-state index contributed by atoms with van der Waals surface area (Å²) >= 11 is 0. The van der Waals surface area contributed by atoms with E-state index in [-0.39, 0.29) is 11.0 Å². The Morgan fingerprint density at radius 3 is 1.33 bits per heavy atom. The quantitative estimate of drug-likeness (QED) is 0.500. The van der Waals surface area contributed by atoms with Crippen molar-refractivity contribution in [2.24, 2.45) is 11.1 Å². The van der Waals surface area contributed by atoms with E-state index in [4.69, 9.17) is 5.73 Å². The van der Waals surface area contributed by atoms with Gasteiger partial charge in [0.25, 0.3) is 0 Å². The fraction of sp³-hybridized carbons (Fsp3) is 1.00. The van der Waals surface area contributed by atoms with Crippen LogP contribution in [0.5, 0.6) is 0 Å². The molecule has 2 N–H and O–H groups in total. The van der Waals surface area contributed by atoms with Crippen LogP contribution in [0.15, 0.2) is 0 Å². The van der Waals surface area contributed by atoms with Crippen LogP contribution in [-0.4, -0.2) is 5.54 Å². The molecule has 0 amide bonds. The molecule has 0 saturated carbocycles. The van der Waals surface area contributed by atoms with Gasteiger partial charge in [-0.1, -0.05) is 86.0 Å². The molecule has 0 atom stereocenters. The zero-order valence-electron chi connectivity index (χ0n) is 13.6. The largest absolute Gasteiger partial charge is 0.325 e. The molecule has 1 nitrogen and oxygen atoms in total. The first-order valence-corrected chi connectivity index (χ1v) is 8.16. The van der Waals surface area contributed by atoms with Gasteiger partial charge in [-0.2, -0.15) is 0 Å². The van der Waals surface area contributed by atoms with Gasteiger partial charge in [0.1, 0.15) is 0 Å². The molecule has 0 aromatic heterocycles. The van der Waals surface area contributed by atoms with Crippen LogP contribution in [-0.2, 0) is 0 Å². The molecule has 0 aromatic rings. The molecule has 0 fully saturated rings. The van der Waals surface area contributed by atoms with E-state index in [0.29, 0.717) is 0 Å². The normalized spacial score (nSPS) is 13.0. The maximum atomic E-state index is 6.74. The van der Waals surface area contributed by atoms with Gasteiger partial charge in [-0.25, -0.2) is 0 Å². The molecule has 18 heavy (non-hydrogen) atoms. The molecular weight excluding hydrogens is 218 g/mol. The van der Waals surface area contributed by atoms with Gasteiger partial charge in [-0.15, -0.1) is 0 Å². The maximum absolute atomic E-state index is 6.74. The molecule has 0 radical (unpaired) electrons. The summed E-state index contributed by atoms with van der Waals surface area (Å²) in [6.45, 7) is 11.5. The number of rotatable bonds is 10. The van der Waals surface area contributed by atoms with Gasteiger partial charge in [0, 0.05) is 5.54 Å². The van der Waals surface area contributed by atoms with E-state index in [1.165, 1.54) is 64.2 Å². The van der Waals surface area contributed by atoms with Crippen LogP contribution >= 0.6 is 0 Å². The topological polar surface area (TPSA) is 26.0 Å². The highest BCUT2D eigenvalue weighted by molar-refractivity contribution is 4.94. The number of hydrogen-bond donors (Lipinski definition) is 1. The van der Waals surface area contributed by atoms with E-state index in [2.05, 4.69) is 34.6 Å². The SMILES string of the molecule is CCCCCCC(N)(CCCCCC)C(C)(C)C. The summed E-state index contributed by atoms with van der Waals surface area (Å²) in [5, 5.41) is 0. The summed E-state index contributed by atoms with van der Waals surface area (Å²) in [4.78, 5) is 0. The minimum absolute atomic E-state index is 0.0362. The average Bonchev–Trinajstić information content (AvgIpc) is 2.29. The third-order valence-corrected chi connectivity index (χ3v) is 4.45. The second kappa shape index (κ2) is 8.96. The standard InChI is InChI=1S/C17H37N/c1-6-8-10-12-14-17(18,16(3,4)5)15-13-11-9-7-2/h6-15,18H2,1-5H3. The van der Waals surface area contributed by atoms with Crippen LogP contribution < -0.4 is 5.73 Å². The molecule has 0 rings (SSSR count). The highest BCUT2D eigenvalue weighted by Gasteiger charge is 2.36. The van der Waals surface area contributed by atoms with E-state index >= 15 is 0 Å². The molecule has 0 heterocycles. The zero-order valence-corrected chi connectivity index (χ0v) is 13.6. The summed E-state index contributed by atoms with van der Waals surface area (Å²) < 4.78 is 0. The minimum atomic E-state index is 0.0362. The summed E-state index contributed by atoms with van der Waals surface area (Å²) in [6, 6.07) is 0. The van der Waals surface area contributed by atoms with Gasteiger partial charge < -0.3 is 5.73 Å². The molecule has 0 aliphatic heterocycles. The van der Waals surface area contributed by atoms with Crippen LogP contribution in [0.3, 0.4) is 0 Å². The molecule has 0 unspecified atom stereocenters. The molecular formula is C17H37N. The van der Waals surface area contributed by atoms with Crippen LogP contribution in [0.25, 0.3) is 0 Å². The summed E-state index contributed by atoms with van der Waals surface area (Å²) in [5.41, 5.74) is 7.00. The van der Waals surface area contributed by atoms with E-state index in [1.54, 1.807) is 0 Å². The number of nitrogens with two attached hydrogens (primary N) is 1. The van der Waals surface area contributed by atoms with Crippen molar-refractivity contribution in [1.82, 2.24) is 0 Å². The first kappa shape index (κ1) is 18.0. The molecule has 0 spiro atoms. The second-order valence-electron chi connectivity index (χ2n) is 7.03. The van der Waals surface area contributed by atoms with Crippen LogP contribution in [0, 0.1) is 5.41 Å². The zero-order chi connectivity index (χ0) is 14.1. The summed E-state index contributed by atoms with van der Waals surface area (Å²) in [5.74, 6) is 0. The monoisotopic (exact) mass is 255 g/mol. The van der Waals surface area contributed by atoms with Crippen molar-refractivity contribution in [2.75, 3.05) is 0 Å². The fourth-order valence-electron chi connectivity index (χ4n) is 2.61. The smallest absolute Gasteiger partial charge is 0.0203 e. The molecule has 1 heteroatoms. The Morgan fingerprint density at radius 1 is 0.667 bits per heavy atom. The molecule has 0 saturated heterocycles. The van der Waals surface area contributed by atoms with Crippen LogP contribution in [0.2, 0.25) is 0 Å². The average molecular weight is 255 g/mol. The van der Waals surface area contributed by atoms with Crippen molar-refractivity contribution in [3.63, 3.8) is 0 Å². The van der Waals surface area contributed by atoms with Gasteiger partial charge >= 0.3 is 0 Å². The molecule has 110 valence electrons. The predicted octanol–water partition coefficient (Wildman–Crippen LogP) is 5.67. The predicted molar refractivity (Wildman–Crippen MR) is 83.9 cm³/mol. The maximum Gasteiger partial charge on any atom is 0.0203 e. The van der Waals surface area contributed by atoms with Crippen LogP contribution in [0.4, 0.5) is 0 Å². The lowest BCUT2D eigenvalue weighted by molar-refractivity contribution is 0.152. The number of unbranched alkanes of at least 4 members (excludes halogenated alkanes) is 6. The van der Waals surface area contributed by atoms with Crippen molar-refractivity contribution in [3.05, 3.63) is 0 Å². The van der Waals surface area contributed by atoms with Crippen molar-refractivity contribution >= 4 is 0 Å². The lowest BCUT2D eigenvalue weighted by Crippen LogP contribution is -2.51. The molecule has 0 bridgehead atoms. The van der Waals surface area contributed by atoms with Gasteiger partial charge in [0.05, 0.1) is 0 Å². The highest BCUT2D eigenvalue weighted by atomic mass is 14.8. The van der Waals surface area contributed by atoms with E-state index in [0.717, 1.165) is 0 Å². The van der Waals surface area contributed by atoms with Gasteiger partial charge in [0.2, 0.25) is 0 Å². The Hall–Kier alpha value is -0.0400. The molecule has 0 aromatic carbocycles. The first-order valence-electron chi connectivity index (χ1n) is 8.16. The number of hydrogen-bond acceptors (Lipinski definition) is 1. The van der Waals surface area contributed by atoms with E-state index in [9.17, 15) is 0 Å². The Labute approximate surface area is 116 Å². The summed E-state index contributed by atoms with van der Waals surface area (Å²) in [6.07, 6.45) is 13.0. The van der Waals surface area contributed by atoms with Crippen molar-refractivity contribution in [3.8, 4) is 0 Å². The Morgan fingerprint density at radius 2 is 1.06 bits per heavy atom. The third kappa shape index (κ3) is 6.78. The second-order valence-corrected chi connectivity index (χ2v) is 7.03. The van der Waals surface area contributed by atoms with Gasteiger partial charge in [0.15, 0.2) is 0 Å². The first-order chi connectivity index (χ1) is 8.37. The molecule has 0 aliphatic rings. The van der Waals surface area contributed by atoms with Crippen molar-refractivity contribution in [1.29, 1.82) is 0 Å². The Balaban J connectivity index is 4.17. The van der Waals surface area contributed by atoms with Crippen molar-refractivity contribution in [2.45, 2.75) is 104 Å². The minimum Gasteiger partial charge on any atom is -0.325 e. The highest BCUT2D eigenvalue weighted by Crippen LogP contribution is 2.36. The van der Waals surface area contributed by atoms with Gasteiger partial charge in [-0.3, -0.25) is 0 Å². The Bertz CT molecular complexity index is 178. The third-order valence-electron chi connectivity index (χ3n) is 4.45. The lowest BCUT2D eigenvalue weighted by Gasteiger charge is -2.42. The van der Waals surface area contributed by atoms with Crippen LogP contribution in [0.1, 0.15) is 98.8 Å². The fourth-order valence-corrected chi connectivity index (χ4v) is 2.61. The van der Waals surface area contributed by atoms with E-state index < -0.39 is 0 Å². The molecule has 0 aliphatic carbocycles. The summed E-state index contributed by atoms with van der Waals surface area (Å²) in [7, 11) is 0.